The van der Waals surface area contributed by atoms with Crippen LogP contribution in [0.25, 0.3) is 0 Å². The fourth-order valence-corrected chi connectivity index (χ4v) is 2.17. The Labute approximate surface area is 90.9 Å². The Balaban J connectivity index is 2.62. The summed E-state index contributed by atoms with van der Waals surface area (Å²) in [5.41, 5.74) is 5.39. The normalized spacial score (nSPS) is 12.7. The Kier molecular flexibility index (Phi) is 4.71. The highest BCUT2D eigenvalue weighted by molar-refractivity contribution is 7.85. The van der Waals surface area contributed by atoms with Gasteiger partial charge in [0.05, 0.1) is 16.5 Å². The molecule has 0 bridgehead atoms. The zero-order chi connectivity index (χ0) is 11.3. The predicted molar refractivity (Wildman–Crippen MR) is 58.6 cm³/mol. The maximum atomic E-state index is 13.0. The average molecular weight is 231 g/mol. The van der Waals surface area contributed by atoms with E-state index in [0.717, 1.165) is 0 Å². The summed E-state index contributed by atoms with van der Waals surface area (Å²) in [5, 5.41) is 0. The van der Waals surface area contributed by atoms with Gasteiger partial charge in [0.2, 0.25) is 0 Å². The molecular weight excluding hydrogens is 217 g/mol. The van der Waals surface area contributed by atoms with Gasteiger partial charge < -0.3 is 10.5 Å². The van der Waals surface area contributed by atoms with Crippen molar-refractivity contribution in [2.24, 2.45) is 0 Å². The molecule has 2 N–H and O–H groups in total. The molecule has 0 aliphatic heterocycles. The molecule has 0 heterocycles. The zero-order valence-corrected chi connectivity index (χ0v) is 9.35. The van der Waals surface area contributed by atoms with Crippen LogP contribution in [0.2, 0.25) is 0 Å². The van der Waals surface area contributed by atoms with Crippen LogP contribution >= 0.6 is 0 Å². The van der Waals surface area contributed by atoms with E-state index >= 15 is 0 Å². The Bertz CT molecular complexity index is 357. The van der Waals surface area contributed by atoms with Crippen LogP contribution in [0.15, 0.2) is 23.1 Å². The monoisotopic (exact) mass is 231 g/mol. The second-order valence-electron chi connectivity index (χ2n) is 3.08. The molecule has 0 spiro atoms. The van der Waals surface area contributed by atoms with Crippen molar-refractivity contribution in [1.82, 2.24) is 0 Å². The van der Waals surface area contributed by atoms with E-state index in [9.17, 15) is 8.60 Å². The van der Waals surface area contributed by atoms with Crippen LogP contribution in [0.3, 0.4) is 0 Å². The quantitative estimate of drug-likeness (QED) is 0.618. The first-order valence-electron chi connectivity index (χ1n) is 4.57. The minimum absolute atomic E-state index is 0.0765. The largest absolute Gasteiger partial charge is 0.396 e. The lowest BCUT2D eigenvalue weighted by atomic mass is 10.3. The first-order valence-corrected chi connectivity index (χ1v) is 5.89. The summed E-state index contributed by atoms with van der Waals surface area (Å²) < 4.78 is 29.5. The number of ether oxygens (including phenoxy) is 1. The molecule has 0 aliphatic rings. The van der Waals surface area contributed by atoms with Gasteiger partial charge in [0.25, 0.3) is 0 Å². The smallest absolute Gasteiger partial charge is 0.147 e. The van der Waals surface area contributed by atoms with Gasteiger partial charge in [-0.3, -0.25) is 4.21 Å². The zero-order valence-electron chi connectivity index (χ0n) is 8.53. The van der Waals surface area contributed by atoms with Crippen LogP contribution in [0.1, 0.15) is 6.42 Å². The molecule has 0 aliphatic carbocycles. The highest BCUT2D eigenvalue weighted by atomic mass is 32.2. The molecule has 1 rings (SSSR count). The van der Waals surface area contributed by atoms with E-state index in [2.05, 4.69) is 0 Å². The number of hydrogen-bond acceptors (Lipinski definition) is 3. The van der Waals surface area contributed by atoms with Crippen LogP contribution in [0.4, 0.5) is 10.1 Å². The minimum atomic E-state index is -1.18. The highest BCUT2D eigenvalue weighted by Crippen LogP contribution is 2.15. The lowest BCUT2D eigenvalue weighted by Gasteiger charge is -2.03. The van der Waals surface area contributed by atoms with E-state index in [1.54, 1.807) is 13.2 Å². The van der Waals surface area contributed by atoms with Gasteiger partial charge in [0.15, 0.2) is 0 Å². The lowest BCUT2D eigenvalue weighted by molar-refractivity contribution is 0.200. The molecule has 3 nitrogen and oxygen atoms in total. The molecule has 0 amide bonds. The number of nitrogens with two attached hydrogens (primary N) is 1. The summed E-state index contributed by atoms with van der Waals surface area (Å²) in [6.45, 7) is 0.559. The topological polar surface area (TPSA) is 52.3 Å². The molecule has 0 saturated carbocycles. The summed E-state index contributed by atoms with van der Waals surface area (Å²) in [4.78, 5) is 0.470. The van der Waals surface area contributed by atoms with Gasteiger partial charge in [-0.05, 0) is 24.6 Å². The fraction of sp³-hybridized carbons (Fsp3) is 0.400. The fourth-order valence-electron chi connectivity index (χ4n) is 1.10. The maximum Gasteiger partial charge on any atom is 0.147 e. The average Bonchev–Trinajstić information content (AvgIpc) is 2.22. The van der Waals surface area contributed by atoms with Crippen LogP contribution in [0.5, 0.6) is 0 Å². The number of nitrogen functional groups attached to an aromatic ring is 1. The molecule has 84 valence electrons. The SMILES string of the molecule is COCCCS(=O)c1ccc(N)c(F)c1. The third-order valence-corrected chi connectivity index (χ3v) is 3.35. The molecule has 15 heavy (non-hydrogen) atoms. The molecule has 5 heteroatoms. The Hall–Kier alpha value is -0.940. The number of anilines is 1. The van der Waals surface area contributed by atoms with Gasteiger partial charge in [-0.25, -0.2) is 4.39 Å². The number of rotatable bonds is 5. The van der Waals surface area contributed by atoms with Crippen molar-refractivity contribution in [3.05, 3.63) is 24.0 Å². The molecule has 0 aromatic heterocycles. The lowest BCUT2D eigenvalue weighted by Crippen LogP contribution is -2.02. The number of halogens is 1. The van der Waals surface area contributed by atoms with Crippen molar-refractivity contribution < 1.29 is 13.3 Å². The van der Waals surface area contributed by atoms with E-state index in [4.69, 9.17) is 10.5 Å². The second-order valence-corrected chi connectivity index (χ2v) is 4.65. The van der Waals surface area contributed by atoms with Crippen molar-refractivity contribution in [3.8, 4) is 0 Å². The van der Waals surface area contributed by atoms with Crippen molar-refractivity contribution in [3.63, 3.8) is 0 Å². The van der Waals surface area contributed by atoms with E-state index < -0.39 is 16.6 Å². The molecule has 0 fully saturated rings. The van der Waals surface area contributed by atoms with Gasteiger partial charge in [-0.1, -0.05) is 0 Å². The third-order valence-electron chi connectivity index (χ3n) is 1.91. The van der Waals surface area contributed by atoms with Gasteiger partial charge in [0, 0.05) is 24.4 Å². The third kappa shape index (κ3) is 3.60. The summed E-state index contributed by atoms with van der Waals surface area (Å²) in [6, 6.07) is 4.23. The standard InChI is InChI=1S/C10H14FNO2S/c1-14-5-2-6-15(13)8-3-4-10(12)9(11)7-8/h3-4,7H,2,5-6,12H2,1H3. The van der Waals surface area contributed by atoms with E-state index in [1.165, 1.54) is 12.1 Å². The van der Waals surface area contributed by atoms with Gasteiger partial charge in [-0.15, -0.1) is 0 Å². The molecular formula is C10H14FNO2S. The number of benzene rings is 1. The molecule has 1 aromatic carbocycles. The number of hydrogen-bond donors (Lipinski definition) is 1. The minimum Gasteiger partial charge on any atom is -0.396 e. The van der Waals surface area contributed by atoms with Gasteiger partial charge in [-0.2, -0.15) is 0 Å². The molecule has 1 atom stereocenters. The van der Waals surface area contributed by atoms with E-state index in [1.807, 2.05) is 0 Å². The Morgan fingerprint density at radius 2 is 2.27 bits per heavy atom. The molecule has 0 saturated heterocycles. The molecule has 1 unspecified atom stereocenters. The van der Waals surface area contributed by atoms with Crippen LogP contribution < -0.4 is 5.73 Å². The Morgan fingerprint density at radius 3 is 2.87 bits per heavy atom. The van der Waals surface area contributed by atoms with E-state index in [-0.39, 0.29) is 5.69 Å². The second kappa shape index (κ2) is 5.82. The summed E-state index contributed by atoms with van der Waals surface area (Å²) in [5.74, 6) is -0.0513. The van der Waals surface area contributed by atoms with Crippen molar-refractivity contribution in [2.75, 3.05) is 25.2 Å². The van der Waals surface area contributed by atoms with E-state index in [0.29, 0.717) is 23.7 Å². The summed E-state index contributed by atoms with van der Waals surface area (Å²) in [7, 11) is 0.410. The van der Waals surface area contributed by atoms with Gasteiger partial charge >= 0.3 is 0 Å². The van der Waals surface area contributed by atoms with Crippen molar-refractivity contribution in [2.45, 2.75) is 11.3 Å². The molecule has 1 aromatic rings. The first kappa shape index (κ1) is 12.1. The Morgan fingerprint density at radius 1 is 1.53 bits per heavy atom. The van der Waals surface area contributed by atoms with Gasteiger partial charge in [0.1, 0.15) is 5.82 Å². The summed E-state index contributed by atoms with van der Waals surface area (Å²) >= 11 is 0. The maximum absolute atomic E-state index is 13.0. The first-order chi connectivity index (χ1) is 7.15. The number of methoxy groups -OCH3 is 1. The highest BCUT2D eigenvalue weighted by Gasteiger charge is 2.06. The summed E-state index contributed by atoms with van der Waals surface area (Å²) in [6.07, 6.45) is 0.690. The van der Waals surface area contributed by atoms with Crippen molar-refractivity contribution in [1.29, 1.82) is 0 Å². The van der Waals surface area contributed by atoms with Crippen molar-refractivity contribution >= 4 is 16.5 Å². The van der Waals surface area contributed by atoms with Crippen LogP contribution in [-0.4, -0.2) is 23.7 Å². The van der Waals surface area contributed by atoms with Crippen LogP contribution in [-0.2, 0) is 15.5 Å². The predicted octanol–water partition coefficient (Wildman–Crippen LogP) is 1.55. The van der Waals surface area contributed by atoms with Crippen LogP contribution in [0, 0.1) is 5.82 Å². The molecule has 0 radical (unpaired) electrons.